The largest absolute Gasteiger partial charge is 0.389 e. The molecule has 0 unspecified atom stereocenters. The maximum absolute atomic E-state index is 9.43. The lowest BCUT2D eigenvalue weighted by Gasteiger charge is -2.20. The summed E-state index contributed by atoms with van der Waals surface area (Å²) in [6, 6.07) is 5.82. The van der Waals surface area contributed by atoms with Crippen molar-refractivity contribution in [3.8, 4) is 0 Å². The van der Waals surface area contributed by atoms with Gasteiger partial charge < -0.3 is 10.0 Å². The van der Waals surface area contributed by atoms with E-state index in [-0.39, 0.29) is 0 Å². The summed E-state index contributed by atoms with van der Waals surface area (Å²) in [6.45, 7) is 3.93. The van der Waals surface area contributed by atoms with E-state index in [4.69, 9.17) is 11.6 Å². The Morgan fingerprint density at radius 3 is 2.53 bits per heavy atom. The van der Waals surface area contributed by atoms with Gasteiger partial charge in [-0.3, -0.25) is 0 Å². The van der Waals surface area contributed by atoms with Crippen molar-refractivity contribution in [2.24, 2.45) is 0 Å². The van der Waals surface area contributed by atoms with Crippen molar-refractivity contribution < 1.29 is 5.11 Å². The smallest absolute Gasteiger partial charge is 0.0762 e. The molecule has 0 radical (unpaired) electrons. The van der Waals surface area contributed by atoms with Crippen LogP contribution in [0, 0.1) is 0 Å². The molecule has 0 bridgehead atoms. The molecule has 1 aromatic carbocycles. The topological polar surface area (TPSA) is 23.5 Å². The highest BCUT2D eigenvalue weighted by Gasteiger charge is 2.15. The van der Waals surface area contributed by atoms with Crippen LogP contribution in [0.4, 0.5) is 5.69 Å². The van der Waals surface area contributed by atoms with E-state index in [2.05, 4.69) is 4.90 Å². The molecule has 0 aliphatic carbocycles. The number of anilines is 1. The number of benzene rings is 1. The van der Waals surface area contributed by atoms with Crippen LogP contribution >= 0.6 is 11.6 Å². The molecule has 1 heterocycles. The lowest BCUT2D eigenvalue weighted by Crippen LogP contribution is -2.18. The van der Waals surface area contributed by atoms with Crippen LogP contribution in [0.15, 0.2) is 18.2 Å². The minimum atomic E-state index is -0.449. The third kappa shape index (κ3) is 2.27. The van der Waals surface area contributed by atoms with E-state index in [1.165, 1.54) is 12.8 Å². The predicted octanol–water partition coefficient (Wildman–Crippen LogP) is 2.99. The van der Waals surface area contributed by atoms with Crippen LogP contribution in [0.3, 0.4) is 0 Å². The van der Waals surface area contributed by atoms with Gasteiger partial charge in [0.25, 0.3) is 0 Å². The number of rotatable bonds is 2. The summed E-state index contributed by atoms with van der Waals surface area (Å²) in [7, 11) is 0. The number of hydrogen-bond donors (Lipinski definition) is 1. The van der Waals surface area contributed by atoms with E-state index in [9.17, 15) is 5.11 Å². The molecule has 0 saturated carbocycles. The van der Waals surface area contributed by atoms with Crippen molar-refractivity contribution in [2.75, 3.05) is 18.0 Å². The molecule has 1 aliphatic rings. The standard InChI is InChI=1S/C12H16ClNO/c1-9(15)10-4-5-12(11(13)8-10)14-6-2-3-7-14/h4-5,8-9,15H,2-3,6-7H2,1H3/t9-/m0/s1. The highest BCUT2D eigenvalue weighted by atomic mass is 35.5. The first-order valence-corrected chi connectivity index (χ1v) is 5.79. The van der Waals surface area contributed by atoms with E-state index in [0.29, 0.717) is 0 Å². The third-order valence-electron chi connectivity index (χ3n) is 2.90. The number of nitrogens with zero attached hydrogens (tertiary/aromatic N) is 1. The fraction of sp³-hybridized carbons (Fsp3) is 0.500. The van der Waals surface area contributed by atoms with Gasteiger partial charge in [-0.15, -0.1) is 0 Å². The van der Waals surface area contributed by atoms with E-state index < -0.39 is 6.10 Å². The molecule has 0 spiro atoms. The second kappa shape index (κ2) is 4.42. The lowest BCUT2D eigenvalue weighted by molar-refractivity contribution is 0.199. The van der Waals surface area contributed by atoms with E-state index in [0.717, 1.165) is 29.4 Å². The highest BCUT2D eigenvalue weighted by molar-refractivity contribution is 6.33. The number of halogens is 1. The number of aliphatic hydroxyl groups excluding tert-OH is 1. The van der Waals surface area contributed by atoms with Crippen LogP contribution in [0.1, 0.15) is 31.4 Å². The summed E-state index contributed by atoms with van der Waals surface area (Å²) in [5, 5.41) is 10.2. The van der Waals surface area contributed by atoms with Crippen LogP contribution in [0.2, 0.25) is 5.02 Å². The van der Waals surface area contributed by atoms with Crippen molar-refractivity contribution in [1.82, 2.24) is 0 Å². The van der Waals surface area contributed by atoms with Gasteiger partial charge in [0, 0.05) is 13.1 Å². The summed E-state index contributed by atoms with van der Waals surface area (Å²) >= 11 is 6.20. The van der Waals surface area contributed by atoms with Crippen LogP contribution in [-0.4, -0.2) is 18.2 Å². The van der Waals surface area contributed by atoms with E-state index >= 15 is 0 Å². The van der Waals surface area contributed by atoms with Gasteiger partial charge in [-0.05, 0) is 37.5 Å². The molecule has 82 valence electrons. The van der Waals surface area contributed by atoms with Gasteiger partial charge in [0.2, 0.25) is 0 Å². The number of hydrogen-bond acceptors (Lipinski definition) is 2. The average molecular weight is 226 g/mol. The predicted molar refractivity (Wildman–Crippen MR) is 63.5 cm³/mol. The van der Waals surface area contributed by atoms with Crippen molar-refractivity contribution in [1.29, 1.82) is 0 Å². The zero-order valence-corrected chi connectivity index (χ0v) is 9.67. The molecular formula is C12H16ClNO. The van der Waals surface area contributed by atoms with Crippen molar-refractivity contribution in [2.45, 2.75) is 25.9 Å². The Labute approximate surface area is 95.5 Å². The first kappa shape index (κ1) is 10.8. The molecule has 1 atom stereocenters. The van der Waals surface area contributed by atoms with E-state index in [1.54, 1.807) is 6.92 Å². The molecule has 3 heteroatoms. The second-order valence-electron chi connectivity index (χ2n) is 4.08. The van der Waals surface area contributed by atoms with Gasteiger partial charge >= 0.3 is 0 Å². The fourth-order valence-electron chi connectivity index (χ4n) is 2.00. The van der Waals surface area contributed by atoms with Crippen LogP contribution < -0.4 is 4.90 Å². The van der Waals surface area contributed by atoms with Crippen LogP contribution in [0.5, 0.6) is 0 Å². The van der Waals surface area contributed by atoms with Gasteiger partial charge in [-0.25, -0.2) is 0 Å². The first-order chi connectivity index (χ1) is 7.18. The molecule has 2 nitrogen and oxygen atoms in total. The Morgan fingerprint density at radius 2 is 2.00 bits per heavy atom. The monoisotopic (exact) mass is 225 g/mol. The normalized spacial score (nSPS) is 18.2. The molecule has 1 aromatic rings. The minimum Gasteiger partial charge on any atom is -0.389 e. The highest BCUT2D eigenvalue weighted by Crippen LogP contribution is 2.30. The van der Waals surface area contributed by atoms with Gasteiger partial charge in [0.1, 0.15) is 0 Å². The molecule has 0 aromatic heterocycles. The molecule has 0 amide bonds. The fourth-order valence-corrected chi connectivity index (χ4v) is 2.31. The molecule has 1 aliphatic heterocycles. The van der Waals surface area contributed by atoms with Crippen molar-refractivity contribution >= 4 is 17.3 Å². The zero-order valence-electron chi connectivity index (χ0n) is 8.91. The lowest BCUT2D eigenvalue weighted by atomic mass is 10.1. The molecule has 1 fully saturated rings. The summed E-state index contributed by atoms with van der Waals surface area (Å²) in [5.41, 5.74) is 1.97. The Balaban J connectivity index is 2.25. The Hall–Kier alpha value is -0.730. The van der Waals surface area contributed by atoms with Crippen molar-refractivity contribution in [3.63, 3.8) is 0 Å². The van der Waals surface area contributed by atoms with Gasteiger partial charge in [-0.2, -0.15) is 0 Å². The molecule has 1 saturated heterocycles. The van der Waals surface area contributed by atoms with Gasteiger partial charge in [-0.1, -0.05) is 17.7 Å². The first-order valence-electron chi connectivity index (χ1n) is 5.41. The summed E-state index contributed by atoms with van der Waals surface area (Å²) in [5.74, 6) is 0. The summed E-state index contributed by atoms with van der Waals surface area (Å²) in [6.07, 6.45) is 2.04. The maximum Gasteiger partial charge on any atom is 0.0762 e. The van der Waals surface area contributed by atoms with Crippen molar-refractivity contribution in [3.05, 3.63) is 28.8 Å². The third-order valence-corrected chi connectivity index (χ3v) is 3.20. The molecule has 15 heavy (non-hydrogen) atoms. The number of aliphatic hydroxyl groups is 1. The minimum absolute atomic E-state index is 0.449. The van der Waals surface area contributed by atoms with Crippen LogP contribution in [-0.2, 0) is 0 Å². The van der Waals surface area contributed by atoms with Gasteiger partial charge in [0.05, 0.1) is 16.8 Å². The van der Waals surface area contributed by atoms with E-state index in [1.807, 2.05) is 18.2 Å². The molecule has 1 N–H and O–H groups in total. The Bertz CT molecular complexity index is 345. The average Bonchev–Trinajstić information content (AvgIpc) is 2.70. The Kier molecular flexibility index (Phi) is 3.17. The molecule has 2 rings (SSSR count). The zero-order chi connectivity index (χ0) is 10.8. The van der Waals surface area contributed by atoms with Gasteiger partial charge in [0.15, 0.2) is 0 Å². The Morgan fingerprint density at radius 1 is 1.33 bits per heavy atom. The SMILES string of the molecule is C[C@H](O)c1ccc(N2CCCC2)c(Cl)c1. The summed E-state index contributed by atoms with van der Waals surface area (Å²) < 4.78 is 0. The molecular weight excluding hydrogens is 210 g/mol. The maximum atomic E-state index is 9.43. The summed E-state index contributed by atoms with van der Waals surface area (Å²) in [4.78, 5) is 2.30. The quantitative estimate of drug-likeness (QED) is 0.837. The second-order valence-corrected chi connectivity index (χ2v) is 4.49. The van der Waals surface area contributed by atoms with Crippen LogP contribution in [0.25, 0.3) is 0 Å².